The van der Waals surface area contributed by atoms with E-state index in [-0.39, 0.29) is 30.0 Å². The topological polar surface area (TPSA) is 156 Å². The summed E-state index contributed by atoms with van der Waals surface area (Å²) in [6, 6.07) is 12.6. The van der Waals surface area contributed by atoms with Gasteiger partial charge in [0.05, 0.1) is 19.4 Å². The summed E-state index contributed by atoms with van der Waals surface area (Å²) < 4.78 is 27.6. The predicted octanol–water partition coefficient (Wildman–Crippen LogP) is 3.31. The van der Waals surface area contributed by atoms with Crippen molar-refractivity contribution in [1.82, 2.24) is 10.3 Å². The maximum Gasteiger partial charge on any atom is 0.332 e. The van der Waals surface area contributed by atoms with Gasteiger partial charge in [-0.1, -0.05) is 50.2 Å². The van der Waals surface area contributed by atoms with E-state index in [1.54, 1.807) is 38.1 Å². The van der Waals surface area contributed by atoms with Gasteiger partial charge in [0.25, 0.3) is 5.91 Å². The summed E-state index contributed by atoms with van der Waals surface area (Å²) >= 11 is 1.37. The molecule has 1 saturated heterocycles. The van der Waals surface area contributed by atoms with Crippen molar-refractivity contribution in [2.45, 2.75) is 51.9 Å². The Morgan fingerprint density at radius 2 is 1.82 bits per heavy atom. The Morgan fingerprint density at radius 3 is 2.49 bits per heavy atom. The summed E-state index contributed by atoms with van der Waals surface area (Å²) in [4.78, 5) is 70.3. The lowest BCUT2D eigenvalue weighted by Crippen LogP contribution is -2.47. The zero-order chi connectivity index (χ0) is 32.5. The van der Waals surface area contributed by atoms with Crippen LogP contribution in [-0.2, 0) is 46.2 Å². The first-order valence-corrected chi connectivity index (χ1v) is 15.1. The van der Waals surface area contributed by atoms with Crippen molar-refractivity contribution in [3.05, 3.63) is 76.2 Å². The van der Waals surface area contributed by atoms with E-state index in [1.165, 1.54) is 37.6 Å². The van der Waals surface area contributed by atoms with E-state index in [9.17, 15) is 24.0 Å². The highest BCUT2D eigenvalue weighted by Gasteiger charge is 2.42. The summed E-state index contributed by atoms with van der Waals surface area (Å²) in [6.45, 7) is 4.21. The fourth-order valence-electron chi connectivity index (χ4n) is 4.53. The first-order valence-electron chi connectivity index (χ1n) is 14.3. The number of carbonyl (C=O) groups excluding carboxylic acids is 5. The second-order valence-corrected chi connectivity index (χ2v) is 11.6. The molecule has 1 aliphatic rings. The van der Waals surface area contributed by atoms with Gasteiger partial charge >= 0.3 is 23.9 Å². The number of aromatic nitrogens is 1. The van der Waals surface area contributed by atoms with E-state index in [0.29, 0.717) is 0 Å². The molecule has 1 amide bonds. The molecule has 238 valence electrons. The highest BCUT2D eigenvalue weighted by molar-refractivity contribution is 7.10. The van der Waals surface area contributed by atoms with Crippen molar-refractivity contribution in [2.75, 3.05) is 13.7 Å². The maximum absolute atomic E-state index is 13.5. The summed E-state index contributed by atoms with van der Waals surface area (Å²) in [5, 5.41) is 4.28. The van der Waals surface area contributed by atoms with Gasteiger partial charge in [0.15, 0.2) is 23.6 Å². The number of benzene rings is 1. The van der Waals surface area contributed by atoms with Crippen LogP contribution in [0.2, 0.25) is 0 Å². The molecule has 2 aromatic heterocycles. The number of nitrogens with zero attached hydrogens (tertiary/aromatic N) is 1. The number of methoxy groups -OCH3 is 1. The Balaban J connectivity index is 1.57. The van der Waals surface area contributed by atoms with Crippen LogP contribution in [0.25, 0.3) is 0 Å². The number of cyclic esters (lactones) is 2. The van der Waals surface area contributed by atoms with Gasteiger partial charge < -0.3 is 29.0 Å². The molecule has 0 unspecified atom stereocenters. The van der Waals surface area contributed by atoms with Gasteiger partial charge in [-0.15, -0.1) is 11.3 Å². The molecule has 0 spiro atoms. The lowest BCUT2D eigenvalue weighted by atomic mass is 9.91. The molecule has 1 aliphatic heterocycles. The van der Waals surface area contributed by atoms with E-state index in [0.717, 1.165) is 10.4 Å². The zero-order valence-electron chi connectivity index (χ0n) is 25.2. The van der Waals surface area contributed by atoms with Crippen molar-refractivity contribution in [2.24, 2.45) is 11.8 Å². The second-order valence-electron chi connectivity index (χ2n) is 10.6. The van der Waals surface area contributed by atoms with Gasteiger partial charge in [-0.3, -0.25) is 19.2 Å². The Morgan fingerprint density at radius 1 is 1.07 bits per heavy atom. The van der Waals surface area contributed by atoms with Crippen LogP contribution in [-0.4, -0.2) is 66.7 Å². The molecule has 13 heteroatoms. The minimum atomic E-state index is -1.47. The number of hydrogen-bond donors (Lipinski definition) is 1. The van der Waals surface area contributed by atoms with Gasteiger partial charge in [-0.25, -0.2) is 9.78 Å². The van der Waals surface area contributed by atoms with E-state index in [1.807, 2.05) is 23.6 Å². The normalized spacial score (nSPS) is 20.1. The Labute approximate surface area is 264 Å². The first kappa shape index (κ1) is 33.1. The van der Waals surface area contributed by atoms with Crippen LogP contribution in [0.15, 0.2) is 60.1 Å². The lowest BCUT2D eigenvalue weighted by molar-refractivity contribution is -0.176. The molecule has 3 heterocycles. The fraction of sp³-hybridized carbons (Fsp3) is 0.375. The van der Waals surface area contributed by atoms with Crippen molar-refractivity contribution >= 4 is 41.1 Å². The van der Waals surface area contributed by atoms with Crippen LogP contribution in [0, 0.1) is 11.8 Å². The highest BCUT2D eigenvalue weighted by Crippen LogP contribution is 2.30. The third-order valence-corrected chi connectivity index (χ3v) is 7.76. The zero-order valence-corrected chi connectivity index (χ0v) is 26.0. The molecule has 0 radical (unpaired) electrons. The van der Waals surface area contributed by atoms with Crippen LogP contribution in [0.1, 0.15) is 41.7 Å². The molecule has 1 fully saturated rings. The first-order chi connectivity index (χ1) is 21.6. The van der Waals surface area contributed by atoms with Crippen LogP contribution in [0.5, 0.6) is 11.5 Å². The van der Waals surface area contributed by atoms with Crippen LogP contribution in [0.4, 0.5) is 0 Å². The van der Waals surface area contributed by atoms with Crippen molar-refractivity contribution in [3.63, 3.8) is 0 Å². The third kappa shape index (κ3) is 8.66. The maximum atomic E-state index is 13.5. The van der Waals surface area contributed by atoms with E-state index in [4.69, 9.17) is 23.7 Å². The number of rotatable bonds is 10. The van der Waals surface area contributed by atoms with Gasteiger partial charge in [-0.2, -0.15) is 0 Å². The Hall–Kier alpha value is -4.78. The minimum absolute atomic E-state index is 0.0493. The average molecular weight is 639 g/mol. The van der Waals surface area contributed by atoms with Crippen LogP contribution in [0.3, 0.4) is 0 Å². The largest absolute Gasteiger partial charge is 0.493 e. The van der Waals surface area contributed by atoms with E-state index < -0.39 is 66.5 Å². The van der Waals surface area contributed by atoms with Crippen molar-refractivity contribution in [1.29, 1.82) is 0 Å². The molecule has 0 bridgehead atoms. The molecule has 1 aromatic carbocycles. The number of carbonyl (C=O) groups is 5. The summed E-state index contributed by atoms with van der Waals surface area (Å²) in [5.74, 6) is -5.54. The molecule has 12 nitrogen and oxygen atoms in total. The van der Waals surface area contributed by atoms with Crippen LogP contribution >= 0.6 is 11.3 Å². The summed E-state index contributed by atoms with van der Waals surface area (Å²) in [6.07, 6.45) is -0.881. The average Bonchev–Trinajstić information content (AvgIpc) is 3.54. The lowest BCUT2D eigenvalue weighted by Gasteiger charge is -2.29. The number of thiophene rings is 1. The SMILES string of the molecule is COc1ccnc(C(=O)N[C@H]2COC(=O)[C@H](Cc3ccccc3)[C@@H](OC(=O)C(C)C)[C@H](C)OC2=O)c1OC(=O)Cc1cccs1. The summed E-state index contributed by atoms with van der Waals surface area (Å²) in [5.41, 5.74) is 0.435. The number of pyridine rings is 1. The molecule has 4 atom stereocenters. The molecule has 45 heavy (non-hydrogen) atoms. The molecular formula is C32H34N2O10S. The molecular weight excluding hydrogens is 604 g/mol. The Kier molecular flexibility index (Phi) is 11.3. The fourth-order valence-corrected chi connectivity index (χ4v) is 5.22. The number of amides is 1. The third-order valence-electron chi connectivity index (χ3n) is 6.89. The molecule has 4 rings (SSSR count). The Bertz CT molecular complexity index is 1510. The number of nitrogens with one attached hydrogen (secondary N) is 1. The summed E-state index contributed by atoms with van der Waals surface area (Å²) in [7, 11) is 1.33. The molecule has 1 N–H and O–H groups in total. The molecule has 0 aliphatic carbocycles. The van der Waals surface area contributed by atoms with Crippen molar-refractivity contribution in [3.8, 4) is 11.5 Å². The van der Waals surface area contributed by atoms with Crippen LogP contribution < -0.4 is 14.8 Å². The smallest absolute Gasteiger partial charge is 0.332 e. The van der Waals surface area contributed by atoms with E-state index in [2.05, 4.69) is 10.3 Å². The standard InChI is InChI=1S/C32H34N2O10S/c1-18(2)30(37)44-27-19(3)42-32(39)23(17-41-31(38)22(27)15-20-9-6-5-7-10-20)34-29(36)26-28(24(40-4)12-13-33-26)43-25(35)16-21-11-8-14-45-21/h5-14,18-19,22-23,27H,15-17H2,1-4H3,(H,34,36)/t19-,22+,23-,27-/m0/s1. The molecule has 0 saturated carbocycles. The quantitative estimate of drug-likeness (QED) is 0.257. The predicted molar refractivity (Wildman–Crippen MR) is 161 cm³/mol. The van der Waals surface area contributed by atoms with Gasteiger partial charge in [-0.05, 0) is 30.4 Å². The second kappa shape index (κ2) is 15.3. The number of hydrogen-bond acceptors (Lipinski definition) is 12. The van der Waals surface area contributed by atoms with E-state index >= 15 is 0 Å². The van der Waals surface area contributed by atoms with Crippen molar-refractivity contribution < 1.29 is 47.7 Å². The number of esters is 4. The van der Waals surface area contributed by atoms with Gasteiger partial charge in [0, 0.05) is 17.1 Å². The van der Waals surface area contributed by atoms with Gasteiger partial charge in [0.1, 0.15) is 18.6 Å². The highest BCUT2D eigenvalue weighted by atomic mass is 32.1. The monoisotopic (exact) mass is 638 g/mol. The minimum Gasteiger partial charge on any atom is -0.493 e. The molecule has 3 aromatic rings. The number of ether oxygens (including phenoxy) is 5. The van der Waals surface area contributed by atoms with Gasteiger partial charge in [0.2, 0.25) is 5.75 Å².